The fourth-order valence-electron chi connectivity index (χ4n) is 3.04. The predicted molar refractivity (Wildman–Crippen MR) is 77.5 cm³/mol. The van der Waals surface area contributed by atoms with E-state index in [0.29, 0.717) is 6.04 Å². The van der Waals surface area contributed by atoms with Gasteiger partial charge in [0.05, 0.1) is 5.60 Å². The number of hydrogen-bond donors (Lipinski definition) is 1. The lowest BCUT2D eigenvalue weighted by Crippen LogP contribution is -2.54. The van der Waals surface area contributed by atoms with Crippen LogP contribution in [0.15, 0.2) is 0 Å². The molecule has 0 bridgehead atoms. The highest BCUT2D eigenvalue weighted by atomic mass is 16.5. The summed E-state index contributed by atoms with van der Waals surface area (Å²) in [7, 11) is 1.87. The third-order valence-electron chi connectivity index (χ3n) is 4.38. The lowest BCUT2D eigenvalue weighted by molar-refractivity contribution is -0.0761. The van der Waals surface area contributed by atoms with E-state index in [2.05, 4.69) is 25.1 Å². The van der Waals surface area contributed by atoms with E-state index in [9.17, 15) is 0 Å². The summed E-state index contributed by atoms with van der Waals surface area (Å²) in [5.74, 6) is 3.61. The normalized spacial score (nSPS) is 29.8. The molecule has 0 amide bonds. The summed E-state index contributed by atoms with van der Waals surface area (Å²) in [5.41, 5.74) is 0.0124. The highest BCUT2D eigenvalue weighted by molar-refractivity contribution is 4.98. The quantitative estimate of drug-likeness (QED) is 0.701. The van der Waals surface area contributed by atoms with Crippen molar-refractivity contribution in [1.29, 1.82) is 0 Å². The second-order valence-electron chi connectivity index (χ2n) is 5.70. The van der Waals surface area contributed by atoms with Crippen molar-refractivity contribution in [2.45, 2.75) is 70.4 Å². The smallest absolute Gasteiger partial charge is 0.0831 e. The van der Waals surface area contributed by atoms with Crippen LogP contribution in [-0.4, -0.2) is 25.3 Å². The van der Waals surface area contributed by atoms with Gasteiger partial charge in [0.2, 0.25) is 0 Å². The second kappa shape index (κ2) is 7.81. The van der Waals surface area contributed by atoms with Crippen molar-refractivity contribution in [3.8, 4) is 12.3 Å². The molecule has 2 nitrogen and oxygen atoms in total. The van der Waals surface area contributed by atoms with E-state index < -0.39 is 0 Å². The number of hydrogen-bond acceptors (Lipinski definition) is 2. The van der Waals surface area contributed by atoms with E-state index in [1.165, 1.54) is 12.8 Å². The molecule has 104 valence electrons. The van der Waals surface area contributed by atoms with Crippen LogP contribution in [0, 0.1) is 18.3 Å². The third kappa shape index (κ3) is 4.00. The van der Waals surface area contributed by atoms with E-state index >= 15 is 0 Å². The molecule has 1 N–H and O–H groups in total. The van der Waals surface area contributed by atoms with Crippen LogP contribution in [0.2, 0.25) is 0 Å². The van der Waals surface area contributed by atoms with Crippen molar-refractivity contribution in [1.82, 2.24) is 5.32 Å². The molecule has 0 radical (unpaired) electrons. The molecule has 0 spiro atoms. The first-order valence-corrected chi connectivity index (χ1v) is 7.40. The van der Waals surface area contributed by atoms with Crippen LogP contribution in [0.4, 0.5) is 0 Å². The Hall–Kier alpha value is -0.520. The molecule has 1 aliphatic rings. The molecular formula is C16H29NO. The molecule has 0 aromatic rings. The van der Waals surface area contributed by atoms with Crippen molar-refractivity contribution < 1.29 is 4.74 Å². The van der Waals surface area contributed by atoms with Gasteiger partial charge in [0, 0.05) is 19.6 Å². The number of terminal acetylenes is 1. The summed E-state index contributed by atoms with van der Waals surface area (Å²) in [6.45, 7) is 5.60. The fourth-order valence-corrected chi connectivity index (χ4v) is 3.04. The Morgan fingerprint density at radius 3 is 2.61 bits per heavy atom. The van der Waals surface area contributed by atoms with Crippen LogP contribution >= 0.6 is 0 Å². The van der Waals surface area contributed by atoms with Crippen LogP contribution in [0.5, 0.6) is 0 Å². The third-order valence-corrected chi connectivity index (χ3v) is 4.38. The van der Waals surface area contributed by atoms with Gasteiger partial charge in [-0.1, -0.05) is 13.8 Å². The molecule has 18 heavy (non-hydrogen) atoms. The molecule has 2 heteroatoms. The predicted octanol–water partition coefficient (Wildman–Crippen LogP) is 3.36. The minimum Gasteiger partial charge on any atom is -0.377 e. The van der Waals surface area contributed by atoms with Crippen LogP contribution in [0.25, 0.3) is 0 Å². The van der Waals surface area contributed by atoms with E-state index in [0.717, 1.165) is 44.6 Å². The first-order chi connectivity index (χ1) is 8.68. The summed E-state index contributed by atoms with van der Waals surface area (Å²) in [6.07, 6.45) is 13.3. The van der Waals surface area contributed by atoms with Gasteiger partial charge in [-0.15, -0.1) is 12.3 Å². The van der Waals surface area contributed by atoms with E-state index in [4.69, 9.17) is 11.2 Å². The van der Waals surface area contributed by atoms with Crippen LogP contribution in [-0.2, 0) is 4.74 Å². The molecular weight excluding hydrogens is 222 g/mol. The van der Waals surface area contributed by atoms with Gasteiger partial charge in [0.15, 0.2) is 0 Å². The average Bonchev–Trinajstić information content (AvgIpc) is 2.41. The maximum atomic E-state index is 5.95. The zero-order valence-electron chi connectivity index (χ0n) is 12.3. The highest BCUT2D eigenvalue weighted by Crippen LogP contribution is 2.38. The lowest BCUT2D eigenvalue weighted by atomic mass is 9.74. The van der Waals surface area contributed by atoms with Crippen molar-refractivity contribution in [3.63, 3.8) is 0 Å². The topological polar surface area (TPSA) is 21.3 Å². The van der Waals surface area contributed by atoms with Gasteiger partial charge in [-0.05, 0) is 51.0 Å². The molecule has 0 heterocycles. The molecule has 1 fully saturated rings. The minimum atomic E-state index is 0.0124. The molecule has 0 saturated heterocycles. The largest absolute Gasteiger partial charge is 0.377 e. The van der Waals surface area contributed by atoms with Gasteiger partial charge in [-0.2, -0.15) is 0 Å². The molecule has 1 unspecified atom stereocenters. The second-order valence-corrected chi connectivity index (χ2v) is 5.70. The molecule has 1 saturated carbocycles. The number of methoxy groups -OCH3 is 1. The first kappa shape index (κ1) is 15.5. The average molecular weight is 251 g/mol. The zero-order chi connectivity index (χ0) is 13.4. The SMILES string of the molecule is C#CCCC(NCCC)C1(OC)CCC(C)CC1. The van der Waals surface area contributed by atoms with Crippen molar-refractivity contribution in [2.24, 2.45) is 5.92 Å². The molecule has 1 aliphatic carbocycles. The van der Waals surface area contributed by atoms with Crippen molar-refractivity contribution in [2.75, 3.05) is 13.7 Å². The summed E-state index contributed by atoms with van der Waals surface area (Å²) >= 11 is 0. The van der Waals surface area contributed by atoms with E-state index in [1.54, 1.807) is 0 Å². The van der Waals surface area contributed by atoms with E-state index in [-0.39, 0.29) is 5.60 Å². The summed E-state index contributed by atoms with van der Waals surface area (Å²) in [5, 5.41) is 3.66. The Kier molecular flexibility index (Phi) is 6.75. The Morgan fingerprint density at radius 1 is 1.44 bits per heavy atom. The van der Waals surface area contributed by atoms with Gasteiger partial charge in [-0.25, -0.2) is 0 Å². The molecule has 1 rings (SSSR count). The lowest BCUT2D eigenvalue weighted by Gasteiger charge is -2.44. The van der Waals surface area contributed by atoms with Gasteiger partial charge >= 0.3 is 0 Å². The standard InChI is InChI=1S/C16H29NO/c1-5-7-8-15(17-13-6-2)16(18-4)11-9-14(3)10-12-16/h1,14-15,17H,6-13H2,2-4H3. The minimum absolute atomic E-state index is 0.0124. The van der Waals surface area contributed by atoms with Gasteiger partial charge in [0.1, 0.15) is 0 Å². The Balaban J connectivity index is 2.68. The van der Waals surface area contributed by atoms with E-state index in [1.807, 2.05) is 7.11 Å². The molecule has 0 aromatic heterocycles. The van der Waals surface area contributed by atoms with Crippen molar-refractivity contribution >= 4 is 0 Å². The maximum Gasteiger partial charge on any atom is 0.0831 e. The van der Waals surface area contributed by atoms with Gasteiger partial charge in [0.25, 0.3) is 0 Å². The molecule has 1 atom stereocenters. The molecule has 0 aliphatic heterocycles. The highest BCUT2D eigenvalue weighted by Gasteiger charge is 2.40. The molecule has 0 aromatic carbocycles. The Labute approximate surface area is 113 Å². The number of nitrogens with one attached hydrogen (secondary N) is 1. The van der Waals surface area contributed by atoms with Crippen LogP contribution < -0.4 is 5.32 Å². The summed E-state index contributed by atoms with van der Waals surface area (Å²) < 4.78 is 5.95. The number of rotatable bonds is 7. The van der Waals surface area contributed by atoms with Crippen LogP contribution in [0.1, 0.15) is 58.8 Å². The summed E-state index contributed by atoms with van der Waals surface area (Å²) in [4.78, 5) is 0. The first-order valence-electron chi connectivity index (χ1n) is 7.40. The summed E-state index contributed by atoms with van der Waals surface area (Å²) in [6, 6.07) is 0.408. The van der Waals surface area contributed by atoms with Gasteiger partial charge in [-0.3, -0.25) is 0 Å². The number of ether oxygens (including phenoxy) is 1. The monoisotopic (exact) mass is 251 g/mol. The Morgan fingerprint density at radius 2 is 2.11 bits per heavy atom. The van der Waals surface area contributed by atoms with Gasteiger partial charge < -0.3 is 10.1 Å². The maximum absolute atomic E-state index is 5.95. The Bertz CT molecular complexity index is 261. The van der Waals surface area contributed by atoms with Crippen molar-refractivity contribution in [3.05, 3.63) is 0 Å². The fraction of sp³-hybridized carbons (Fsp3) is 0.875. The zero-order valence-corrected chi connectivity index (χ0v) is 12.3. The van der Waals surface area contributed by atoms with Crippen LogP contribution in [0.3, 0.4) is 0 Å².